The lowest BCUT2D eigenvalue weighted by atomic mass is 10.0. The molecule has 1 fully saturated rings. The quantitative estimate of drug-likeness (QED) is 0.761. The number of anilines is 1. The Balaban J connectivity index is 1.53. The van der Waals surface area contributed by atoms with Crippen LogP contribution >= 0.6 is 11.8 Å². The number of nitrogens with zero attached hydrogens (tertiary/aromatic N) is 1. The van der Waals surface area contributed by atoms with Gasteiger partial charge in [-0.2, -0.15) is 0 Å². The van der Waals surface area contributed by atoms with Gasteiger partial charge in [0.2, 0.25) is 11.8 Å². The number of para-hydroxylation sites is 1. The Bertz CT molecular complexity index is 932. The van der Waals surface area contributed by atoms with Gasteiger partial charge in [-0.15, -0.1) is 11.8 Å². The molecular weight excluding hydrogens is 403 g/mol. The van der Waals surface area contributed by atoms with E-state index in [2.05, 4.69) is 5.32 Å². The Morgan fingerprint density at radius 3 is 2.80 bits per heavy atom. The van der Waals surface area contributed by atoms with Gasteiger partial charge in [-0.1, -0.05) is 37.3 Å². The molecule has 0 radical (unpaired) electrons. The zero-order valence-corrected chi connectivity index (χ0v) is 17.7. The molecule has 0 aliphatic carbocycles. The maximum Gasteiger partial charge on any atom is 0.241 e. The van der Waals surface area contributed by atoms with Crippen LogP contribution < -0.4 is 10.2 Å². The van der Waals surface area contributed by atoms with Gasteiger partial charge in [-0.25, -0.2) is 4.39 Å². The van der Waals surface area contributed by atoms with E-state index in [0.717, 1.165) is 30.0 Å². The summed E-state index contributed by atoms with van der Waals surface area (Å²) in [5, 5.41) is 2.36. The third kappa shape index (κ3) is 4.37. The monoisotopic (exact) mass is 428 g/mol. The van der Waals surface area contributed by atoms with Gasteiger partial charge in [0, 0.05) is 23.6 Å². The lowest BCUT2D eigenvalue weighted by Gasteiger charge is -2.36. The fourth-order valence-corrected chi connectivity index (χ4v) is 5.12. The van der Waals surface area contributed by atoms with Crippen molar-refractivity contribution in [3.63, 3.8) is 0 Å². The first-order chi connectivity index (χ1) is 14.5. The number of thioether (sulfide) groups is 1. The van der Waals surface area contributed by atoms with Gasteiger partial charge < -0.3 is 15.0 Å². The third-order valence-corrected chi connectivity index (χ3v) is 7.06. The van der Waals surface area contributed by atoms with Gasteiger partial charge in [0.25, 0.3) is 0 Å². The summed E-state index contributed by atoms with van der Waals surface area (Å²) in [5.41, 5.74) is 1.20. The largest absolute Gasteiger partial charge is 0.376 e. The summed E-state index contributed by atoms with van der Waals surface area (Å²) in [4.78, 5) is 28.7. The number of fused-ring (bicyclic) bond motifs is 1. The summed E-state index contributed by atoms with van der Waals surface area (Å²) in [6.45, 7) is 3.10. The average Bonchev–Trinajstić information content (AvgIpc) is 3.28. The molecule has 3 unspecified atom stereocenters. The van der Waals surface area contributed by atoms with E-state index in [0.29, 0.717) is 12.1 Å². The minimum Gasteiger partial charge on any atom is -0.376 e. The average molecular weight is 429 g/mol. The number of rotatable bonds is 6. The van der Waals surface area contributed by atoms with E-state index in [1.807, 2.05) is 24.3 Å². The molecule has 0 aromatic heterocycles. The van der Waals surface area contributed by atoms with E-state index in [1.54, 1.807) is 30.0 Å². The normalized spacial score (nSPS) is 21.9. The second-order valence-electron chi connectivity index (χ2n) is 7.69. The van der Waals surface area contributed by atoms with Crippen LogP contribution in [-0.2, 0) is 20.9 Å². The minimum absolute atomic E-state index is 0.0501. The molecule has 2 amide bonds. The lowest BCUT2D eigenvalue weighted by Crippen LogP contribution is -2.48. The molecule has 2 aliphatic heterocycles. The summed E-state index contributed by atoms with van der Waals surface area (Å²) in [5.74, 6) is -1.22. The van der Waals surface area contributed by atoms with E-state index in [-0.39, 0.29) is 30.3 Å². The number of benzene rings is 2. The molecule has 0 spiro atoms. The molecule has 0 saturated carbocycles. The van der Waals surface area contributed by atoms with Crippen molar-refractivity contribution in [1.29, 1.82) is 0 Å². The number of nitrogens with one attached hydrogen (secondary N) is 1. The highest BCUT2D eigenvalue weighted by Gasteiger charge is 2.39. The predicted molar refractivity (Wildman–Crippen MR) is 115 cm³/mol. The van der Waals surface area contributed by atoms with E-state index >= 15 is 0 Å². The van der Waals surface area contributed by atoms with Crippen LogP contribution in [0.2, 0.25) is 0 Å². The Hall–Kier alpha value is -2.38. The molecular formula is C23H25FN2O3S. The minimum atomic E-state index is -0.573. The number of hydrogen-bond donors (Lipinski definition) is 1. The fraction of sp³-hybridized carbons (Fsp3) is 0.391. The molecule has 158 valence electrons. The third-order valence-electron chi connectivity index (χ3n) is 5.60. The number of ether oxygens (including phenoxy) is 1. The molecule has 7 heteroatoms. The Morgan fingerprint density at radius 2 is 2.03 bits per heavy atom. The Labute approximate surface area is 180 Å². The van der Waals surface area contributed by atoms with Gasteiger partial charge >= 0.3 is 0 Å². The SMILES string of the molecule is CC(C(=O)NCC1CCCO1)C1Sc2ccccc2N(Cc2ccccc2F)C1=O. The maximum atomic E-state index is 14.3. The molecule has 3 atom stereocenters. The van der Waals surface area contributed by atoms with Gasteiger partial charge in [0.05, 0.1) is 24.3 Å². The number of halogens is 1. The maximum absolute atomic E-state index is 14.3. The van der Waals surface area contributed by atoms with Gasteiger partial charge in [-0.3, -0.25) is 9.59 Å². The van der Waals surface area contributed by atoms with Crippen LogP contribution in [0, 0.1) is 11.7 Å². The van der Waals surface area contributed by atoms with Crippen LogP contribution in [0.25, 0.3) is 0 Å². The summed E-state index contributed by atoms with van der Waals surface area (Å²) < 4.78 is 19.8. The van der Waals surface area contributed by atoms with E-state index < -0.39 is 11.2 Å². The van der Waals surface area contributed by atoms with Crippen LogP contribution in [0.5, 0.6) is 0 Å². The zero-order valence-electron chi connectivity index (χ0n) is 16.8. The molecule has 1 saturated heterocycles. The highest BCUT2D eigenvalue weighted by Crippen LogP contribution is 2.42. The van der Waals surface area contributed by atoms with Crippen molar-refractivity contribution in [2.75, 3.05) is 18.1 Å². The zero-order chi connectivity index (χ0) is 21.1. The highest BCUT2D eigenvalue weighted by molar-refractivity contribution is 8.01. The molecule has 30 heavy (non-hydrogen) atoms. The first-order valence-electron chi connectivity index (χ1n) is 10.2. The van der Waals surface area contributed by atoms with E-state index in [4.69, 9.17) is 4.74 Å². The summed E-state index contributed by atoms with van der Waals surface area (Å²) in [7, 11) is 0. The molecule has 2 aromatic rings. The second kappa shape index (κ2) is 9.18. The molecule has 4 rings (SSSR count). The Kier molecular flexibility index (Phi) is 6.39. The van der Waals surface area contributed by atoms with Crippen molar-refractivity contribution in [1.82, 2.24) is 5.32 Å². The number of carbonyl (C=O) groups is 2. The van der Waals surface area contributed by atoms with Crippen molar-refractivity contribution in [3.05, 3.63) is 59.9 Å². The van der Waals surface area contributed by atoms with Crippen LogP contribution in [0.1, 0.15) is 25.3 Å². The summed E-state index contributed by atoms with van der Waals surface area (Å²) in [6.07, 6.45) is 2.00. The molecule has 5 nitrogen and oxygen atoms in total. The van der Waals surface area contributed by atoms with E-state index in [9.17, 15) is 14.0 Å². The van der Waals surface area contributed by atoms with Crippen molar-refractivity contribution in [3.8, 4) is 0 Å². The van der Waals surface area contributed by atoms with Crippen molar-refractivity contribution >= 4 is 29.3 Å². The number of hydrogen-bond acceptors (Lipinski definition) is 4. The van der Waals surface area contributed by atoms with Crippen LogP contribution in [-0.4, -0.2) is 36.3 Å². The standard InChI is InChI=1S/C23H25FN2O3S/c1-15(22(27)25-13-17-8-6-12-29-17)21-23(28)26(14-16-7-2-3-9-18(16)24)19-10-4-5-11-20(19)30-21/h2-5,7,9-11,15,17,21H,6,8,12-14H2,1H3,(H,25,27). The van der Waals surface area contributed by atoms with Crippen molar-refractivity contribution < 1.29 is 18.7 Å². The molecule has 2 aliphatic rings. The second-order valence-corrected chi connectivity index (χ2v) is 8.87. The number of carbonyl (C=O) groups excluding carboxylic acids is 2. The van der Waals surface area contributed by atoms with Gasteiger partial charge in [-0.05, 0) is 31.0 Å². The summed E-state index contributed by atoms with van der Waals surface area (Å²) >= 11 is 1.40. The Morgan fingerprint density at radius 1 is 1.27 bits per heavy atom. The van der Waals surface area contributed by atoms with Crippen LogP contribution in [0.3, 0.4) is 0 Å². The number of amides is 2. The molecule has 2 aromatic carbocycles. The topological polar surface area (TPSA) is 58.6 Å². The molecule has 0 bridgehead atoms. The fourth-order valence-electron chi connectivity index (χ4n) is 3.83. The van der Waals surface area contributed by atoms with Gasteiger partial charge in [0.15, 0.2) is 0 Å². The predicted octanol–water partition coefficient (Wildman–Crippen LogP) is 3.76. The van der Waals surface area contributed by atoms with Crippen molar-refractivity contribution in [2.24, 2.45) is 5.92 Å². The van der Waals surface area contributed by atoms with Crippen LogP contribution in [0.15, 0.2) is 53.4 Å². The van der Waals surface area contributed by atoms with Gasteiger partial charge in [0.1, 0.15) is 11.1 Å². The van der Waals surface area contributed by atoms with E-state index in [1.165, 1.54) is 17.8 Å². The first-order valence-corrected chi connectivity index (χ1v) is 11.1. The molecule has 2 heterocycles. The highest BCUT2D eigenvalue weighted by atomic mass is 32.2. The molecule has 1 N–H and O–H groups in total. The lowest BCUT2D eigenvalue weighted by molar-refractivity contribution is -0.128. The first kappa shape index (κ1) is 20.9. The van der Waals surface area contributed by atoms with Crippen LogP contribution in [0.4, 0.5) is 10.1 Å². The smallest absolute Gasteiger partial charge is 0.241 e. The van der Waals surface area contributed by atoms with Crippen molar-refractivity contribution in [2.45, 2.75) is 42.6 Å². The summed E-state index contributed by atoms with van der Waals surface area (Å²) in [6, 6.07) is 14.0.